The Kier molecular flexibility index (Phi) is 3.29. The number of Topliss-reactive ketones (excluding diaryl/α,β-unsaturated/α-hetero) is 2. The maximum absolute atomic E-state index is 13.4. The highest BCUT2D eigenvalue weighted by molar-refractivity contribution is 5.94. The van der Waals surface area contributed by atoms with Crippen molar-refractivity contribution in [2.75, 3.05) is 6.61 Å². The molecular formula is C21H23NO4. The van der Waals surface area contributed by atoms with Crippen molar-refractivity contribution in [1.29, 1.82) is 0 Å². The van der Waals surface area contributed by atoms with Crippen LogP contribution >= 0.6 is 0 Å². The fraction of sp³-hybridized carbons (Fsp3) is 0.524. The molecule has 26 heavy (non-hydrogen) atoms. The van der Waals surface area contributed by atoms with E-state index >= 15 is 0 Å². The van der Waals surface area contributed by atoms with E-state index in [2.05, 4.69) is 17.0 Å². The van der Waals surface area contributed by atoms with Crippen molar-refractivity contribution in [3.63, 3.8) is 0 Å². The maximum atomic E-state index is 13.4. The van der Waals surface area contributed by atoms with E-state index in [4.69, 9.17) is 9.47 Å². The lowest BCUT2D eigenvalue weighted by Crippen LogP contribution is -2.50. The van der Waals surface area contributed by atoms with E-state index in [1.54, 1.807) is 0 Å². The molecule has 0 aliphatic carbocycles. The van der Waals surface area contributed by atoms with Crippen LogP contribution < -0.4 is 0 Å². The van der Waals surface area contributed by atoms with E-state index in [1.807, 2.05) is 45.2 Å². The SMILES string of the molecule is CC(C)(C)C(=O)[C@H]1[C@@H]2[C@@H](C(=O)[C@@H]3OC[C@@H]2O3)[C@@H]2c3ccccc3C=CN12. The lowest BCUT2D eigenvalue weighted by atomic mass is 9.73. The Morgan fingerprint density at radius 1 is 1.23 bits per heavy atom. The third kappa shape index (κ3) is 2.04. The topological polar surface area (TPSA) is 55.8 Å². The highest BCUT2D eigenvalue weighted by Gasteiger charge is 2.64. The van der Waals surface area contributed by atoms with Gasteiger partial charge in [-0.25, -0.2) is 0 Å². The molecule has 0 N–H and O–H groups in total. The van der Waals surface area contributed by atoms with Crippen molar-refractivity contribution in [3.05, 3.63) is 41.6 Å². The average Bonchev–Trinajstić information content (AvgIpc) is 3.19. The number of rotatable bonds is 1. The van der Waals surface area contributed by atoms with Crippen LogP contribution in [-0.2, 0) is 19.1 Å². The predicted molar refractivity (Wildman–Crippen MR) is 94.9 cm³/mol. The number of carbonyl (C=O) groups is 2. The first-order valence-corrected chi connectivity index (χ1v) is 9.27. The van der Waals surface area contributed by atoms with E-state index in [1.165, 1.54) is 0 Å². The lowest BCUT2D eigenvalue weighted by molar-refractivity contribution is -0.165. The molecule has 0 aromatic heterocycles. The Hall–Kier alpha value is -1.98. The number of fused-ring (bicyclic) bond motifs is 8. The average molecular weight is 353 g/mol. The van der Waals surface area contributed by atoms with Gasteiger partial charge in [0.15, 0.2) is 11.6 Å². The molecule has 1 aromatic carbocycles. The second kappa shape index (κ2) is 5.27. The third-order valence-corrected chi connectivity index (χ3v) is 6.21. The zero-order chi connectivity index (χ0) is 18.2. The molecule has 0 radical (unpaired) electrons. The summed E-state index contributed by atoms with van der Waals surface area (Å²) in [6.45, 7) is 6.22. The van der Waals surface area contributed by atoms with Gasteiger partial charge < -0.3 is 14.4 Å². The number of ketones is 2. The second-order valence-electron chi connectivity index (χ2n) is 8.74. The quantitative estimate of drug-likeness (QED) is 0.777. The normalized spacial score (nSPS) is 37.3. The summed E-state index contributed by atoms with van der Waals surface area (Å²) in [5, 5.41) is 0. The summed E-state index contributed by atoms with van der Waals surface area (Å²) in [4.78, 5) is 28.6. The molecule has 0 amide bonds. The van der Waals surface area contributed by atoms with Gasteiger partial charge in [-0.15, -0.1) is 0 Å². The first kappa shape index (κ1) is 16.2. The van der Waals surface area contributed by atoms with Crippen molar-refractivity contribution in [1.82, 2.24) is 4.90 Å². The zero-order valence-corrected chi connectivity index (χ0v) is 15.2. The molecule has 3 saturated heterocycles. The van der Waals surface area contributed by atoms with Crippen molar-refractivity contribution >= 4 is 17.6 Å². The van der Waals surface area contributed by atoms with E-state index in [0.717, 1.165) is 11.1 Å². The van der Waals surface area contributed by atoms with Gasteiger partial charge >= 0.3 is 0 Å². The van der Waals surface area contributed by atoms with Crippen LogP contribution in [0.3, 0.4) is 0 Å². The van der Waals surface area contributed by atoms with Crippen molar-refractivity contribution in [3.8, 4) is 0 Å². The van der Waals surface area contributed by atoms with Crippen LogP contribution in [0.5, 0.6) is 0 Å². The molecule has 4 aliphatic heterocycles. The molecule has 3 fully saturated rings. The van der Waals surface area contributed by atoms with Crippen LogP contribution in [0.2, 0.25) is 0 Å². The molecule has 0 unspecified atom stereocenters. The van der Waals surface area contributed by atoms with Crippen LogP contribution in [-0.4, -0.2) is 41.5 Å². The minimum absolute atomic E-state index is 0.0203. The highest BCUT2D eigenvalue weighted by atomic mass is 16.7. The minimum atomic E-state index is -0.773. The summed E-state index contributed by atoms with van der Waals surface area (Å²) in [6.07, 6.45) is 3.07. The fourth-order valence-electron chi connectivity index (χ4n) is 5.06. The van der Waals surface area contributed by atoms with Crippen molar-refractivity contribution in [2.24, 2.45) is 17.3 Å². The molecule has 4 heterocycles. The van der Waals surface area contributed by atoms with Gasteiger partial charge in [0.2, 0.25) is 6.29 Å². The molecule has 5 rings (SSSR count). The summed E-state index contributed by atoms with van der Waals surface area (Å²) >= 11 is 0. The van der Waals surface area contributed by atoms with Crippen LogP contribution in [0.1, 0.15) is 37.9 Å². The minimum Gasteiger partial charge on any atom is -0.359 e. The smallest absolute Gasteiger partial charge is 0.218 e. The van der Waals surface area contributed by atoms with E-state index in [0.29, 0.717) is 6.61 Å². The summed E-state index contributed by atoms with van der Waals surface area (Å²) in [7, 11) is 0. The molecule has 5 nitrogen and oxygen atoms in total. The number of benzene rings is 1. The van der Waals surface area contributed by atoms with Gasteiger partial charge in [-0.05, 0) is 17.2 Å². The van der Waals surface area contributed by atoms with Gasteiger partial charge in [0.25, 0.3) is 0 Å². The summed E-state index contributed by atoms with van der Waals surface area (Å²) in [5.41, 5.74) is 1.74. The summed E-state index contributed by atoms with van der Waals surface area (Å²) in [5.74, 6) is -0.314. The van der Waals surface area contributed by atoms with Crippen LogP contribution in [0.25, 0.3) is 6.08 Å². The van der Waals surface area contributed by atoms with Gasteiger partial charge in [0.1, 0.15) is 0 Å². The highest BCUT2D eigenvalue weighted by Crippen LogP contribution is 2.55. The van der Waals surface area contributed by atoms with E-state index < -0.39 is 11.7 Å². The number of carbonyl (C=O) groups excluding carboxylic acids is 2. The Balaban J connectivity index is 1.68. The summed E-state index contributed by atoms with van der Waals surface area (Å²) < 4.78 is 11.4. The number of hydrogen-bond acceptors (Lipinski definition) is 5. The van der Waals surface area contributed by atoms with Crippen molar-refractivity contribution in [2.45, 2.75) is 45.2 Å². The van der Waals surface area contributed by atoms with Crippen molar-refractivity contribution < 1.29 is 19.1 Å². The molecule has 1 aromatic rings. The Bertz CT molecular complexity index is 824. The molecule has 6 atom stereocenters. The zero-order valence-electron chi connectivity index (χ0n) is 15.2. The van der Waals surface area contributed by atoms with Gasteiger partial charge in [0, 0.05) is 17.5 Å². The standard InChI is InChI=1S/C21H23NO4/c1-21(2,3)19(24)17-14-13-10-25-20(26-13)18(23)15(14)16-12-7-5-4-6-11(12)8-9-22(16)17/h4-9,13-17,20H,10H2,1-3H3/t13-,14-,15+,16-,17+,20+/m0/s1. The van der Waals surface area contributed by atoms with Gasteiger partial charge in [-0.1, -0.05) is 45.0 Å². The van der Waals surface area contributed by atoms with Crippen LogP contribution in [0, 0.1) is 17.3 Å². The molecule has 0 saturated carbocycles. The molecule has 4 aliphatic rings. The van der Waals surface area contributed by atoms with Gasteiger partial charge in [-0.3, -0.25) is 9.59 Å². The van der Waals surface area contributed by atoms with Crippen LogP contribution in [0.15, 0.2) is 30.5 Å². The fourth-order valence-corrected chi connectivity index (χ4v) is 5.06. The molecule has 2 bridgehead atoms. The van der Waals surface area contributed by atoms with Gasteiger partial charge in [-0.2, -0.15) is 0 Å². The number of nitrogens with zero attached hydrogens (tertiary/aromatic N) is 1. The largest absolute Gasteiger partial charge is 0.359 e. The lowest BCUT2D eigenvalue weighted by Gasteiger charge is -2.36. The molecule has 136 valence electrons. The van der Waals surface area contributed by atoms with Crippen LogP contribution in [0.4, 0.5) is 0 Å². The second-order valence-corrected chi connectivity index (χ2v) is 8.74. The van der Waals surface area contributed by atoms with E-state index in [-0.39, 0.29) is 41.6 Å². The first-order chi connectivity index (χ1) is 12.4. The monoisotopic (exact) mass is 353 g/mol. The predicted octanol–water partition coefficient (Wildman–Crippen LogP) is 2.57. The Labute approximate surface area is 153 Å². The number of hydrogen-bond donors (Lipinski definition) is 0. The molecule has 5 heteroatoms. The Morgan fingerprint density at radius 3 is 2.77 bits per heavy atom. The molecular weight excluding hydrogens is 330 g/mol. The Morgan fingerprint density at radius 2 is 2.00 bits per heavy atom. The van der Waals surface area contributed by atoms with Gasteiger partial charge in [0.05, 0.1) is 30.7 Å². The maximum Gasteiger partial charge on any atom is 0.218 e. The summed E-state index contributed by atoms with van der Waals surface area (Å²) in [6, 6.07) is 7.64. The third-order valence-electron chi connectivity index (χ3n) is 6.21. The van der Waals surface area contributed by atoms with E-state index in [9.17, 15) is 9.59 Å². The first-order valence-electron chi connectivity index (χ1n) is 9.27. The number of ether oxygens (including phenoxy) is 2. The molecule has 0 spiro atoms.